The van der Waals surface area contributed by atoms with Crippen LogP contribution in [-0.4, -0.2) is 25.0 Å². The number of alkyl halides is 1. The minimum Gasteiger partial charge on any atom is -0.337 e. The zero-order valence-corrected chi connectivity index (χ0v) is 12.9. The largest absolute Gasteiger partial charge is 0.337 e. The van der Waals surface area contributed by atoms with Gasteiger partial charge in [-0.05, 0) is 6.07 Å². The fourth-order valence-electron chi connectivity index (χ4n) is 2.31. The Morgan fingerprint density at radius 2 is 2.10 bits per heavy atom. The predicted octanol–water partition coefficient (Wildman–Crippen LogP) is 3.39. The van der Waals surface area contributed by atoms with Crippen LogP contribution in [0.2, 0.25) is 5.02 Å². The molecule has 3 aromatic rings. The van der Waals surface area contributed by atoms with Crippen molar-refractivity contribution in [1.82, 2.24) is 19.1 Å². The third-order valence-electron chi connectivity index (χ3n) is 3.41. The molecule has 0 saturated carbocycles. The lowest BCUT2D eigenvalue weighted by atomic mass is 10.3. The van der Waals surface area contributed by atoms with Crippen molar-refractivity contribution in [2.75, 3.05) is 5.88 Å². The topological polar surface area (TPSA) is 35.6 Å². The molecule has 2 aromatic heterocycles. The number of rotatable bonds is 4. The van der Waals surface area contributed by atoms with Gasteiger partial charge in [0.15, 0.2) is 0 Å². The van der Waals surface area contributed by atoms with E-state index < -0.39 is 5.82 Å². The van der Waals surface area contributed by atoms with E-state index in [2.05, 4.69) is 9.97 Å². The van der Waals surface area contributed by atoms with Gasteiger partial charge in [-0.3, -0.25) is 0 Å². The predicted molar refractivity (Wildman–Crippen MR) is 81.4 cm³/mol. The third kappa shape index (κ3) is 2.63. The lowest BCUT2D eigenvalue weighted by molar-refractivity contribution is 0.629. The van der Waals surface area contributed by atoms with Gasteiger partial charge in [-0.2, -0.15) is 0 Å². The quantitative estimate of drug-likeness (QED) is 0.689. The Bertz CT molecular complexity index is 794. The fraction of sp³-hybridized carbons (Fsp3) is 0.286. The summed E-state index contributed by atoms with van der Waals surface area (Å²) in [7, 11) is 1.93. The normalized spacial score (nSPS) is 11.4. The maximum atomic E-state index is 13.6. The van der Waals surface area contributed by atoms with E-state index in [1.54, 1.807) is 12.3 Å². The van der Waals surface area contributed by atoms with Crippen LogP contribution in [0.5, 0.6) is 0 Å². The van der Waals surface area contributed by atoms with Gasteiger partial charge in [-0.1, -0.05) is 11.6 Å². The van der Waals surface area contributed by atoms with Crippen LogP contribution in [0.1, 0.15) is 11.6 Å². The Morgan fingerprint density at radius 1 is 1.29 bits per heavy atom. The highest BCUT2D eigenvalue weighted by Crippen LogP contribution is 2.25. The Labute approximate surface area is 131 Å². The summed E-state index contributed by atoms with van der Waals surface area (Å²) in [5.74, 6) is 1.65. The number of hydrogen-bond donors (Lipinski definition) is 0. The number of benzene rings is 1. The first kappa shape index (κ1) is 14.4. The molecule has 110 valence electrons. The average Bonchev–Trinajstić information content (AvgIpc) is 2.98. The second kappa shape index (κ2) is 5.66. The Hall–Kier alpha value is -1.59. The summed E-state index contributed by atoms with van der Waals surface area (Å²) >= 11 is 11.7. The van der Waals surface area contributed by atoms with E-state index in [1.807, 2.05) is 22.4 Å². The SMILES string of the molecule is Cn1ccnc1Cn1c(CCCl)nc2cc(F)c(Cl)cc21. The molecule has 0 aliphatic rings. The number of halogens is 3. The molecule has 2 heterocycles. The number of aromatic nitrogens is 4. The van der Waals surface area contributed by atoms with Crippen LogP contribution in [0, 0.1) is 5.82 Å². The molecule has 7 heteroatoms. The molecule has 0 fully saturated rings. The van der Waals surface area contributed by atoms with E-state index >= 15 is 0 Å². The van der Waals surface area contributed by atoms with Crippen LogP contribution in [-0.2, 0) is 20.0 Å². The van der Waals surface area contributed by atoms with Gasteiger partial charge < -0.3 is 9.13 Å². The van der Waals surface area contributed by atoms with Crippen molar-refractivity contribution in [3.05, 3.63) is 47.0 Å². The number of aryl methyl sites for hydroxylation is 2. The molecule has 0 aliphatic carbocycles. The van der Waals surface area contributed by atoms with Crippen molar-refractivity contribution >= 4 is 34.2 Å². The van der Waals surface area contributed by atoms with Crippen LogP contribution in [0.3, 0.4) is 0 Å². The van der Waals surface area contributed by atoms with Crippen molar-refractivity contribution in [2.45, 2.75) is 13.0 Å². The van der Waals surface area contributed by atoms with Crippen LogP contribution in [0.25, 0.3) is 11.0 Å². The molecule has 0 unspecified atom stereocenters. The van der Waals surface area contributed by atoms with Crippen LogP contribution < -0.4 is 0 Å². The third-order valence-corrected chi connectivity index (χ3v) is 3.89. The van der Waals surface area contributed by atoms with Crippen LogP contribution in [0.15, 0.2) is 24.5 Å². The standard InChI is InChI=1S/C14H13Cl2FN4/c1-20-5-4-18-14(20)8-21-12-6-9(16)10(17)7-11(12)19-13(21)2-3-15/h4-7H,2-3,8H2,1H3. The molecule has 0 amide bonds. The average molecular weight is 327 g/mol. The first-order valence-corrected chi connectivity index (χ1v) is 7.37. The summed E-state index contributed by atoms with van der Waals surface area (Å²) in [5.41, 5.74) is 1.36. The molecule has 0 bridgehead atoms. The van der Waals surface area contributed by atoms with Gasteiger partial charge in [0.25, 0.3) is 0 Å². The number of nitrogens with zero attached hydrogens (tertiary/aromatic N) is 4. The molecule has 0 spiro atoms. The van der Waals surface area contributed by atoms with E-state index in [-0.39, 0.29) is 5.02 Å². The Morgan fingerprint density at radius 3 is 2.76 bits per heavy atom. The minimum atomic E-state index is -0.469. The molecule has 0 N–H and O–H groups in total. The maximum Gasteiger partial charge on any atom is 0.144 e. The number of imidazole rings is 2. The molecule has 4 nitrogen and oxygen atoms in total. The lowest BCUT2D eigenvalue weighted by Gasteiger charge is -2.09. The van der Waals surface area contributed by atoms with Gasteiger partial charge in [0.2, 0.25) is 0 Å². The minimum absolute atomic E-state index is 0.0842. The maximum absolute atomic E-state index is 13.6. The molecule has 0 atom stereocenters. The van der Waals surface area contributed by atoms with Gasteiger partial charge in [0.1, 0.15) is 17.5 Å². The van der Waals surface area contributed by atoms with Crippen molar-refractivity contribution in [3.8, 4) is 0 Å². The van der Waals surface area contributed by atoms with Crippen molar-refractivity contribution in [3.63, 3.8) is 0 Å². The van der Waals surface area contributed by atoms with E-state index in [9.17, 15) is 4.39 Å². The summed E-state index contributed by atoms with van der Waals surface area (Å²) in [5, 5.41) is 0.0842. The molecule has 3 rings (SSSR count). The van der Waals surface area contributed by atoms with Crippen molar-refractivity contribution in [2.24, 2.45) is 7.05 Å². The first-order valence-electron chi connectivity index (χ1n) is 6.46. The molecule has 1 aromatic carbocycles. The molecule has 0 saturated heterocycles. The second-order valence-electron chi connectivity index (χ2n) is 4.76. The molecular formula is C14H13Cl2FN4. The van der Waals surface area contributed by atoms with E-state index in [4.69, 9.17) is 23.2 Å². The van der Waals surface area contributed by atoms with E-state index in [1.165, 1.54) is 6.07 Å². The fourth-order valence-corrected chi connectivity index (χ4v) is 2.64. The number of fused-ring (bicyclic) bond motifs is 1. The smallest absolute Gasteiger partial charge is 0.144 e. The second-order valence-corrected chi connectivity index (χ2v) is 5.55. The van der Waals surface area contributed by atoms with Crippen LogP contribution >= 0.6 is 23.2 Å². The van der Waals surface area contributed by atoms with Crippen molar-refractivity contribution in [1.29, 1.82) is 0 Å². The van der Waals surface area contributed by atoms with Gasteiger partial charge in [-0.25, -0.2) is 14.4 Å². The highest BCUT2D eigenvalue weighted by molar-refractivity contribution is 6.31. The summed E-state index contributed by atoms with van der Waals surface area (Å²) in [4.78, 5) is 8.77. The highest BCUT2D eigenvalue weighted by atomic mass is 35.5. The molecule has 0 aliphatic heterocycles. The Kier molecular flexibility index (Phi) is 3.87. The van der Waals surface area contributed by atoms with Gasteiger partial charge in [0.05, 0.1) is 22.6 Å². The summed E-state index contributed by atoms with van der Waals surface area (Å²) in [6.07, 6.45) is 4.21. The monoisotopic (exact) mass is 326 g/mol. The van der Waals surface area contributed by atoms with Crippen LogP contribution in [0.4, 0.5) is 4.39 Å². The van der Waals surface area contributed by atoms with Crippen molar-refractivity contribution < 1.29 is 4.39 Å². The zero-order chi connectivity index (χ0) is 15.0. The van der Waals surface area contributed by atoms with E-state index in [0.29, 0.717) is 24.4 Å². The molecular weight excluding hydrogens is 314 g/mol. The Balaban J connectivity index is 2.15. The number of hydrogen-bond acceptors (Lipinski definition) is 2. The van der Waals surface area contributed by atoms with E-state index in [0.717, 1.165) is 17.2 Å². The highest BCUT2D eigenvalue weighted by Gasteiger charge is 2.15. The summed E-state index contributed by atoms with van der Waals surface area (Å²) in [6.45, 7) is 0.536. The molecule has 0 radical (unpaired) electrons. The van der Waals surface area contributed by atoms with Gasteiger partial charge in [0, 0.05) is 37.8 Å². The lowest BCUT2D eigenvalue weighted by Crippen LogP contribution is -2.09. The summed E-state index contributed by atoms with van der Waals surface area (Å²) in [6, 6.07) is 2.95. The molecule has 21 heavy (non-hydrogen) atoms. The first-order chi connectivity index (χ1) is 10.1. The van der Waals surface area contributed by atoms with Gasteiger partial charge in [-0.15, -0.1) is 11.6 Å². The summed E-state index contributed by atoms with van der Waals surface area (Å²) < 4.78 is 17.5. The zero-order valence-electron chi connectivity index (χ0n) is 11.4. The van der Waals surface area contributed by atoms with Gasteiger partial charge >= 0.3 is 0 Å².